The van der Waals surface area contributed by atoms with Crippen molar-refractivity contribution >= 4 is 11.6 Å². The van der Waals surface area contributed by atoms with Gasteiger partial charge in [-0.05, 0) is 36.7 Å². The molecule has 1 aliphatic heterocycles. The van der Waals surface area contributed by atoms with Crippen molar-refractivity contribution in [1.82, 2.24) is 5.32 Å². The van der Waals surface area contributed by atoms with Gasteiger partial charge in [-0.15, -0.1) is 0 Å². The van der Waals surface area contributed by atoms with Crippen LogP contribution in [-0.4, -0.2) is 26.0 Å². The standard InChI is InChI=1S/C13H18N2O/c1-3-14-7-6-10-4-5-12-11(8-10)9-13(16)15(12)2/h4-5,8,14H,3,6-7,9H2,1-2H3. The molecular weight excluding hydrogens is 200 g/mol. The van der Waals surface area contributed by atoms with Crippen molar-refractivity contribution in [2.75, 3.05) is 25.0 Å². The van der Waals surface area contributed by atoms with E-state index in [2.05, 4.69) is 30.4 Å². The Morgan fingerprint density at radius 2 is 2.25 bits per heavy atom. The Bertz CT molecular complexity index is 401. The summed E-state index contributed by atoms with van der Waals surface area (Å²) in [5.74, 6) is 0.193. The second-order valence-corrected chi connectivity index (χ2v) is 4.20. The van der Waals surface area contributed by atoms with Crippen molar-refractivity contribution in [1.29, 1.82) is 0 Å². The van der Waals surface area contributed by atoms with Gasteiger partial charge in [0.25, 0.3) is 0 Å². The first-order valence-corrected chi connectivity index (χ1v) is 5.81. The minimum atomic E-state index is 0.193. The molecule has 1 amide bonds. The van der Waals surface area contributed by atoms with E-state index in [-0.39, 0.29) is 5.91 Å². The molecule has 0 fully saturated rings. The maximum Gasteiger partial charge on any atom is 0.231 e. The van der Waals surface area contributed by atoms with Crippen LogP contribution >= 0.6 is 0 Å². The first kappa shape index (κ1) is 11.1. The molecule has 3 nitrogen and oxygen atoms in total. The van der Waals surface area contributed by atoms with Gasteiger partial charge in [-0.1, -0.05) is 19.1 Å². The number of carbonyl (C=O) groups is 1. The molecule has 16 heavy (non-hydrogen) atoms. The van der Waals surface area contributed by atoms with Gasteiger partial charge in [0.1, 0.15) is 0 Å². The predicted octanol–water partition coefficient (Wildman–Crippen LogP) is 1.36. The Labute approximate surface area is 96.5 Å². The Kier molecular flexibility index (Phi) is 3.25. The fourth-order valence-corrected chi connectivity index (χ4v) is 2.09. The predicted molar refractivity (Wildman–Crippen MR) is 65.8 cm³/mol. The fourth-order valence-electron chi connectivity index (χ4n) is 2.09. The average molecular weight is 218 g/mol. The van der Waals surface area contributed by atoms with Gasteiger partial charge in [-0.25, -0.2) is 0 Å². The number of likely N-dealkylation sites (N-methyl/N-ethyl adjacent to an activating group) is 2. The molecule has 0 bridgehead atoms. The molecule has 0 unspecified atom stereocenters. The molecule has 0 aliphatic carbocycles. The largest absolute Gasteiger partial charge is 0.317 e. The third kappa shape index (κ3) is 2.09. The highest BCUT2D eigenvalue weighted by molar-refractivity contribution is 6.00. The summed E-state index contributed by atoms with van der Waals surface area (Å²) in [6.07, 6.45) is 1.58. The van der Waals surface area contributed by atoms with Gasteiger partial charge in [-0.3, -0.25) is 4.79 Å². The van der Waals surface area contributed by atoms with E-state index in [4.69, 9.17) is 0 Å². The SMILES string of the molecule is CCNCCc1ccc2c(c1)CC(=O)N2C. The smallest absolute Gasteiger partial charge is 0.231 e. The molecule has 1 N–H and O–H groups in total. The first-order chi connectivity index (χ1) is 7.72. The molecular formula is C13H18N2O. The van der Waals surface area contributed by atoms with E-state index >= 15 is 0 Å². The number of hydrogen-bond donors (Lipinski definition) is 1. The molecule has 1 aromatic rings. The van der Waals surface area contributed by atoms with Gasteiger partial charge in [0, 0.05) is 12.7 Å². The summed E-state index contributed by atoms with van der Waals surface area (Å²) < 4.78 is 0. The molecule has 2 rings (SSSR count). The monoisotopic (exact) mass is 218 g/mol. The van der Waals surface area contributed by atoms with E-state index in [0.29, 0.717) is 6.42 Å². The van der Waals surface area contributed by atoms with E-state index in [0.717, 1.165) is 25.2 Å². The van der Waals surface area contributed by atoms with Crippen LogP contribution in [0.4, 0.5) is 5.69 Å². The van der Waals surface area contributed by atoms with Crippen LogP contribution in [0.5, 0.6) is 0 Å². The quantitative estimate of drug-likeness (QED) is 0.774. The van der Waals surface area contributed by atoms with Crippen LogP contribution < -0.4 is 10.2 Å². The lowest BCUT2D eigenvalue weighted by molar-refractivity contribution is -0.117. The maximum atomic E-state index is 11.5. The fraction of sp³-hybridized carbons (Fsp3) is 0.462. The number of nitrogens with zero attached hydrogens (tertiary/aromatic N) is 1. The van der Waals surface area contributed by atoms with Crippen molar-refractivity contribution in [2.24, 2.45) is 0 Å². The van der Waals surface area contributed by atoms with Crippen molar-refractivity contribution < 1.29 is 4.79 Å². The molecule has 0 saturated carbocycles. The lowest BCUT2D eigenvalue weighted by Gasteiger charge is -2.10. The van der Waals surface area contributed by atoms with Gasteiger partial charge in [0.2, 0.25) is 5.91 Å². The third-order valence-corrected chi connectivity index (χ3v) is 3.06. The number of amides is 1. The molecule has 0 atom stereocenters. The zero-order valence-corrected chi connectivity index (χ0v) is 9.92. The van der Waals surface area contributed by atoms with E-state index in [1.54, 1.807) is 4.90 Å². The zero-order valence-electron chi connectivity index (χ0n) is 9.92. The number of hydrogen-bond acceptors (Lipinski definition) is 2. The molecule has 1 aliphatic rings. The van der Waals surface area contributed by atoms with Gasteiger partial charge in [0.15, 0.2) is 0 Å². The van der Waals surface area contributed by atoms with Crippen LogP contribution in [-0.2, 0) is 17.6 Å². The van der Waals surface area contributed by atoms with Gasteiger partial charge in [0.05, 0.1) is 6.42 Å². The highest BCUT2D eigenvalue weighted by Gasteiger charge is 2.23. The molecule has 1 aromatic carbocycles. The maximum absolute atomic E-state index is 11.5. The summed E-state index contributed by atoms with van der Waals surface area (Å²) in [5, 5.41) is 3.30. The van der Waals surface area contributed by atoms with Crippen LogP contribution in [0.15, 0.2) is 18.2 Å². The zero-order chi connectivity index (χ0) is 11.5. The van der Waals surface area contributed by atoms with E-state index in [1.165, 1.54) is 11.1 Å². The summed E-state index contributed by atoms with van der Waals surface area (Å²) >= 11 is 0. The summed E-state index contributed by atoms with van der Waals surface area (Å²) in [5.41, 5.74) is 3.54. The first-order valence-electron chi connectivity index (χ1n) is 5.81. The minimum Gasteiger partial charge on any atom is -0.317 e. The minimum absolute atomic E-state index is 0.193. The Balaban J connectivity index is 2.09. The summed E-state index contributed by atoms with van der Waals surface area (Å²) in [6.45, 7) is 4.11. The second kappa shape index (κ2) is 4.66. The van der Waals surface area contributed by atoms with Crippen molar-refractivity contribution in [3.05, 3.63) is 29.3 Å². The number of anilines is 1. The van der Waals surface area contributed by atoms with Crippen LogP contribution in [0, 0.1) is 0 Å². The van der Waals surface area contributed by atoms with Crippen molar-refractivity contribution in [3.63, 3.8) is 0 Å². The van der Waals surface area contributed by atoms with E-state index in [1.807, 2.05) is 7.05 Å². The van der Waals surface area contributed by atoms with Crippen LogP contribution in [0.25, 0.3) is 0 Å². The molecule has 86 valence electrons. The summed E-state index contributed by atoms with van der Waals surface area (Å²) in [6, 6.07) is 6.33. The molecule has 0 saturated heterocycles. The molecule has 0 radical (unpaired) electrons. The second-order valence-electron chi connectivity index (χ2n) is 4.20. The van der Waals surface area contributed by atoms with Gasteiger partial charge in [-0.2, -0.15) is 0 Å². The van der Waals surface area contributed by atoms with Gasteiger partial charge < -0.3 is 10.2 Å². The lowest BCUT2D eigenvalue weighted by Crippen LogP contribution is -2.20. The number of carbonyl (C=O) groups excluding carboxylic acids is 1. The lowest BCUT2D eigenvalue weighted by atomic mass is 10.1. The van der Waals surface area contributed by atoms with E-state index < -0.39 is 0 Å². The average Bonchev–Trinajstić information content (AvgIpc) is 2.55. The Morgan fingerprint density at radius 1 is 1.44 bits per heavy atom. The number of rotatable bonds is 4. The van der Waals surface area contributed by atoms with Crippen molar-refractivity contribution in [3.8, 4) is 0 Å². The highest BCUT2D eigenvalue weighted by Crippen LogP contribution is 2.28. The molecule has 3 heteroatoms. The Hall–Kier alpha value is -1.35. The molecule has 0 aromatic heterocycles. The topological polar surface area (TPSA) is 32.3 Å². The van der Waals surface area contributed by atoms with Crippen LogP contribution in [0.3, 0.4) is 0 Å². The normalized spacial score (nSPS) is 14.4. The molecule has 1 heterocycles. The summed E-state index contributed by atoms with van der Waals surface area (Å²) in [4.78, 5) is 13.3. The van der Waals surface area contributed by atoms with Gasteiger partial charge >= 0.3 is 0 Å². The van der Waals surface area contributed by atoms with Crippen LogP contribution in [0.1, 0.15) is 18.1 Å². The van der Waals surface area contributed by atoms with E-state index in [9.17, 15) is 4.79 Å². The highest BCUT2D eigenvalue weighted by atomic mass is 16.2. The third-order valence-electron chi connectivity index (χ3n) is 3.06. The Morgan fingerprint density at radius 3 is 3.00 bits per heavy atom. The summed E-state index contributed by atoms with van der Waals surface area (Å²) in [7, 11) is 1.84. The van der Waals surface area contributed by atoms with Crippen LogP contribution in [0.2, 0.25) is 0 Å². The number of benzene rings is 1. The molecule has 0 spiro atoms. The van der Waals surface area contributed by atoms with Crippen molar-refractivity contribution in [2.45, 2.75) is 19.8 Å². The number of fused-ring (bicyclic) bond motifs is 1. The number of nitrogens with one attached hydrogen (secondary N) is 1.